The summed E-state index contributed by atoms with van der Waals surface area (Å²) in [5.41, 5.74) is 0.822. The Morgan fingerprint density at radius 2 is 1.89 bits per heavy atom. The number of hydrogen-bond acceptors (Lipinski definition) is 3. The minimum atomic E-state index is 0.0172. The second-order valence-corrected chi connectivity index (χ2v) is 5.92. The van der Waals surface area contributed by atoms with Gasteiger partial charge in [0.25, 0.3) is 0 Å². The number of benzene rings is 1. The predicted octanol–water partition coefficient (Wildman–Crippen LogP) is 2.50. The van der Waals surface area contributed by atoms with E-state index in [0.29, 0.717) is 6.54 Å². The third kappa shape index (κ3) is 4.60. The maximum Gasteiger partial charge on any atom is 0.238 e. The molecule has 1 fully saturated rings. The minimum absolute atomic E-state index is 0.0172. The molecule has 0 radical (unpaired) electrons. The first-order chi connectivity index (χ1) is 9.02. The van der Waals surface area contributed by atoms with Crippen LogP contribution in [0.25, 0.3) is 0 Å². The second kappa shape index (κ2) is 6.50. The summed E-state index contributed by atoms with van der Waals surface area (Å²) in [6.45, 7) is 6.09. The molecule has 2 atom stereocenters. The monoisotopic (exact) mass is 326 g/mol. The highest BCUT2D eigenvalue weighted by Crippen LogP contribution is 2.14. The first-order valence-electron chi connectivity index (χ1n) is 6.46. The number of amides is 1. The van der Waals surface area contributed by atoms with E-state index in [1.807, 2.05) is 38.1 Å². The number of nitrogens with one attached hydrogen (secondary N) is 1. The Morgan fingerprint density at radius 1 is 1.32 bits per heavy atom. The van der Waals surface area contributed by atoms with Crippen molar-refractivity contribution in [1.82, 2.24) is 4.90 Å². The first kappa shape index (κ1) is 14.5. The number of nitrogens with zero attached hydrogens (tertiary/aromatic N) is 1. The molecule has 5 heteroatoms. The van der Waals surface area contributed by atoms with Crippen molar-refractivity contribution in [3.05, 3.63) is 28.7 Å². The van der Waals surface area contributed by atoms with Gasteiger partial charge in [0.05, 0.1) is 18.8 Å². The zero-order valence-corrected chi connectivity index (χ0v) is 12.8. The van der Waals surface area contributed by atoms with Crippen LogP contribution in [0.3, 0.4) is 0 Å². The van der Waals surface area contributed by atoms with Crippen molar-refractivity contribution in [3.63, 3.8) is 0 Å². The number of anilines is 1. The fraction of sp³-hybridized carbons (Fsp3) is 0.500. The van der Waals surface area contributed by atoms with E-state index in [0.717, 1.165) is 23.2 Å². The van der Waals surface area contributed by atoms with Gasteiger partial charge in [-0.3, -0.25) is 9.69 Å². The molecule has 104 valence electrons. The summed E-state index contributed by atoms with van der Waals surface area (Å²) in [6.07, 6.45) is 0.369. The molecule has 0 aliphatic carbocycles. The molecule has 1 aliphatic heterocycles. The topological polar surface area (TPSA) is 41.6 Å². The van der Waals surface area contributed by atoms with Gasteiger partial charge in [-0.2, -0.15) is 0 Å². The zero-order valence-electron chi connectivity index (χ0n) is 11.2. The second-order valence-electron chi connectivity index (χ2n) is 5.01. The molecule has 1 amide bonds. The SMILES string of the molecule is C[C@@H]1CN(CC(=O)Nc2ccc(Br)cc2)C[C@@H](C)O1. The summed E-state index contributed by atoms with van der Waals surface area (Å²) in [5, 5.41) is 2.90. The molecule has 0 spiro atoms. The molecule has 0 bridgehead atoms. The van der Waals surface area contributed by atoms with E-state index in [-0.39, 0.29) is 18.1 Å². The molecule has 1 aromatic carbocycles. The van der Waals surface area contributed by atoms with Crippen LogP contribution in [-0.4, -0.2) is 42.6 Å². The van der Waals surface area contributed by atoms with Gasteiger partial charge in [0, 0.05) is 23.2 Å². The fourth-order valence-corrected chi connectivity index (χ4v) is 2.61. The highest BCUT2D eigenvalue weighted by Gasteiger charge is 2.23. The Balaban J connectivity index is 1.85. The standard InChI is InChI=1S/C14H19BrN2O2/c1-10-7-17(8-11(2)19-10)9-14(18)16-13-5-3-12(15)4-6-13/h3-6,10-11H,7-9H2,1-2H3,(H,16,18)/t10-,11-/m1/s1. The lowest BCUT2D eigenvalue weighted by Crippen LogP contribution is -2.48. The Bertz CT molecular complexity index is 426. The van der Waals surface area contributed by atoms with E-state index >= 15 is 0 Å². The van der Waals surface area contributed by atoms with E-state index in [1.165, 1.54) is 0 Å². The molecular weight excluding hydrogens is 308 g/mol. The maximum absolute atomic E-state index is 12.0. The number of ether oxygens (including phenoxy) is 1. The molecule has 0 unspecified atom stereocenters. The Labute approximate surface area is 122 Å². The van der Waals surface area contributed by atoms with Gasteiger partial charge < -0.3 is 10.1 Å². The van der Waals surface area contributed by atoms with Crippen LogP contribution >= 0.6 is 15.9 Å². The summed E-state index contributed by atoms with van der Waals surface area (Å²) >= 11 is 3.37. The fourth-order valence-electron chi connectivity index (χ4n) is 2.35. The van der Waals surface area contributed by atoms with Crippen LogP contribution in [0.5, 0.6) is 0 Å². The van der Waals surface area contributed by atoms with Crippen LogP contribution in [0.1, 0.15) is 13.8 Å². The van der Waals surface area contributed by atoms with Gasteiger partial charge in [-0.05, 0) is 38.1 Å². The molecule has 19 heavy (non-hydrogen) atoms. The van der Waals surface area contributed by atoms with Crippen molar-refractivity contribution in [2.24, 2.45) is 0 Å². The van der Waals surface area contributed by atoms with Gasteiger partial charge in [0.1, 0.15) is 0 Å². The number of hydrogen-bond donors (Lipinski definition) is 1. The number of carbonyl (C=O) groups excluding carboxylic acids is 1. The molecule has 0 aromatic heterocycles. The van der Waals surface area contributed by atoms with Gasteiger partial charge in [-0.15, -0.1) is 0 Å². The highest BCUT2D eigenvalue weighted by molar-refractivity contribution is 9.10. The molecule has 1 aliphatic rings. The highest BCUT2D eigenvalue weighted by atomic mass is 79.9. The van der Waals surface area contributed by atoms with Gasteiger partial charge in [-0.1, -0.05) is 15.9 Å². The van der Waals surface area contributed by atoms with Crippen LogP contribution in [-0.2, 0) is 9.53 Å². The smallest absolute Gasteiger partial charge is 0.238 e. The van der Waals surface area contributed by atoms with Crippen LogP contribution in [0.15, 0.2) is 28.7 Å². The molecule has 0 saturated carbocycles. The van der Waals surface area contributed by atoms with Gasteiger partial charge in [0.15, 0.2) is 0 Å². The lowest BCUT2D eigenvalue weighted by atomic mass is 10.2. The zero-order chi connectivity index (χ0) is 13.8. The summed E-state index contributed by atoms with van der Waals surface area (Å²) < 4.78 is 6.65. The molecule has 1 N–H and O–H groups in total. The van der Waals surface area contributed by atoms with E-state index < -0.39 is 0 Å². The first-order valence-corrected chi connectivity index (χ1v) is 7.25. The third-order valence-corrected chi connectivity index (χ3v) is 3.52. The van der Waals surface area contributed by atoms with E-state index in [9.17, 15) is 4.79 Å². The molecule has 4 nitrogen and oxygen atoms in total. The van der Waals surface area contributed by atoms with Crippen LogP contribution < -0.4 is 5.32 Å². The molecule has 1 heterocycles. The van der Waals surface area contributed by atoms with Crippen molar-refractivity contribution >= 4 is 27.5 Å². The lowest BCUT2D eigenvalue weighted by Gasteiger charge is -2.34. The van der Waals surface area contributed by atoms with Crippen LogP contribution in [0.4, 0.5) is 5.69 Å². The summed E-state index contributed by atoms with van der Waals surface area (Å²) in [6, 6.07) is 7.59. The average molecular weight is 327 g/mol. The minimum Gasteiger partial charge on any atom is -0.373 e. The molecule has 2 rings (SSSR count). The van der Waals surface area contributed by atoms with Crippen molar-refractivity contribution < 1.29 is 9.53 Å². The Morgan fingerprint density at radius 3 is 2.47 bits per heavy atom. The Kier molecular flexibility index (Phi) is 4.96. The third-order valence-electron chi connectivity index (χ3n) is 2.99. The largest absolute Gasteiger partial charge is 0.373 e. The van der Waals surface area contributed by atoms with E-state index in [1.54, 1.807) is 0 Å². The number of morpholine rings is 1. The van der Waals surface area contributed by atoms with Crippen LogP contribution in [0.2, 0.25) is 0 Å². The number of halogens is 1. The number of rotatable bonds is 3. The molecule has 1 saturated heterocycles. The average Bonchev–Trinajstić information content (AvgIpc) is 2.30. The summed E-state index contributed by atoms with van der Waals surface area (Å²) in [5.74, 6) is 0.0172. The quantitative estimate of drug-likeness (QED) is 0.927. The van der Waals surface area contributed by atoms with E-state index in [4.69, 9.17) is 4.74 Å². The van der Waals surface area contributed by atoms with Gasteiger partial charge in [0.2, 0.25) is 5.91 Å². The number of carbonyl (C=O) groups is 1. The maximum atomic E-state index is 12.0. The van der Waals surface area contributed by atoms with Gasteiger partial charge in [-0.25, -0.2) is 0 Å². The van der Waals surface area contributed by atoms with Crippen molar-refractivity contribution in [1.29, 1.82) is 0 Å². The van der Waals surface area contributed by atoms with E-state index in [2.05, 4.69) is 26.1 Å². The van der Waals surface area contributed by atoms with Crippen molar-refractivity contribution in [3.8, 4) is 0 Å². The van der Waals surface area contributed by atoms with Crippen LogP contribution in [0, 0.1) is 0 Å². The lowest BCUT2D eigenvalue weighted by molar-refractivity contribution is -0.121. The van der Waals surface area contributed by atoms with Crippen molar-refractivity contribution in [2.45, 2.75) is 26.1 Å². The van der Waals surface area contributed by atoms with Gasteiger partial charge >= 0.3 is 0 Å². The Hall–Kier alpha value is -0.910. The molecular formula is C14H19BrN2O2. The summed E-state index contributed by atoms with van der Waals surface area (Å²) in [7, 11) is 0. The van der Waals surface area contributed by atoms with Crippen molar-refractivity contribution in [2.75, 3.05) is 25.0 Å². The normalized spacial score (nSPS) is 24.2. The predicted molar refractivity (Wildman–Crippen MR) is 79.2 cm³/mol. The molecule has 1 aromatic rings. The summed E-state index contributed by atoms with van der Waals surface area (Å²) in [4.78, 5) is 14.1.